The van der Waals surface area contributed by atoms with Crippen LogP contribution >= 0.6 is 0 Å². The van der Waals surface area contributed by atoms with E-state index in [1.165, 1.54) is 11.1 Å². The Morgan fingerprint density at radius 2 is 1.08 bits per heavy atom. The third-order valence-electron chi connectivity index (χ3n) is 2.52. The van der Waals surface area contributed by atoms with Crippen molar-refractivity contribution < 1.29 is 0 Å². The highest BCUT2D eigenvalue weighted by Gasteiger charge is 2.17. The van der Waals surface area contributed by atoms with Gasteiger partial charge in [0, 0.05) is 0 Å². The van der Waals surface area contributed by atoms with E-state index in [2.05, 4.69) is 48.5 Å². The van der Waals surface area contributed by atoms with E-state index < -0.39 is 0 Å². The van der Waals surface area contributed by atoms with Crippen LogP contribution in [-0.2, 0) is 0 Å². The number of benzene rings is 2. The van der Waals surface area contributed by atoms with Crippen LogP contribution in [0.3, 0.4) is 0 Å². The molecule has 0 fully saturated rings. The Hall–Kier alpha value is -1.03. The molecule has 0 bridgehead atoms. The van der Waals surface area contributed by atoms with Gasteiger partial charge in [0.05, 0.1) is 0 Å². The molecule has 3 rings (SSSR count). The monoisotopic (exact) mass is 179 g/mol. The third-order valence-corrected chi connectivity index (χ3v) is 4.15. The minimum atomic E-state index is 0.345. The van der Waals surface area contributed by atoms with Gasteiger partial charge >= 0.3 is 15.2 Å². The van der Waals surface area contributed by atoms with E-state index in [9.17, 15) is 0 Å². The molecule has 1 aliphatic rings. The molecule has 0 spiro atoms. The van der Waals surface area contributed by atoms with Crippen LogP contribution < -0.4 is 8.85 Å². The number of rotatable bonds is 0. The minimum absolute atomic E-state index is 0.345. The van der Waals surface area contributed by atoms with E-state index in [1.807, 2.05) is 0 Å². The lowest BCUT2D eigenvalue weighted by molar-refractivity contribution is 1.71. The van der Waals surface area contributed by atoms with Crippen LogP contribution in [0.5, 0.6) is 0 Å². The number of fused-ring (bicyclic) bond motifs is 3. The fourth-order valence-corrected chi connectivity index (χ4v) is 3.47. The lowest BCUT2D eigenvalue weighted by Crippen LogP contribution is -2.20. The van der Waals surface area contributed by atoms with Crippen LogP contribution in [0.1, 0.15) is 0 Å². The Kier molecular flexibility index (Phi) is 1.55. The fourth-order valence-electron chi connectivity index (χ4n) is 1.90. The first-order valence-electron chi connectivity index (χ1n) is 4.48. The molecular weight excluding hydrogens is 171 g/mol. The summed E-state index contributed by atoms with van der Waals surface area (Å²) in [6, 6.07) is 17.5. The van der Waals surface area contributed by atoms with Gasteiger partial charge in [0.1, 0.15) is 0 Å². The van der Waals surface area contributed by atoms with Gasteiger partial charge in [-0.05, 0) is 11.1 Å². The molecule has 0 aromatic heterocycles. The molecule has 13 heavy (non-hydrogen) atoms. The highest BCUT2D eigenvalue weighted by atomic mass is 27.1. The first kappa shape index (κ1) is 7.38. The SMILES string of the molecule is c1ccc2[c](c1)[Al][c]1ccccc1-2. The number of hydrogen-bond acceptors (Lipinski definition) is 0. The summed E-state index contributed by atoms with van der Waals surface area (Å²) in [5.74, 6) is 0. The maximum Gasteiger partial charge on any atom is 0.300 e. The smallest absolute Gasteiger partial charge is 0.109 e. The van der Waals surface area contributed by atoms with Crippen LogP contribution in [0.25, 0.3) is 11.1 Å². The van der Waals surface area contributed by atoms with Gasteiger partial charge in [0.2, 0.25) is 0 Å². The topological polar surface area (TPSA) is 0 Å². The van der Waals surface area contributed by atoms with Crippen molar-refractivity contribution in [2.75, 3.05) is 0 Å². The second-order valence-electron chi connectivity index (χ2n) is 3.32. The zero-order valence-corrected chi connectivity index (χ0v) is 8.35. The normalized spacial score (nSPS) is 11.7. The summed E-state index contributed by atoms with van der Waals surface area (Å²) in [5.41, 5.74) is 2.90. The number of hydrogen-bond donors (Lipinski definition) is 0. The molecule has 2 aromatic carbocycles. The van der Waals surface area contributed by atoms with Gasteiger partial charge in [-0.2, -0.15) is 0 Å². The molecule has 1 heterocycles. The van der Waals surface area contributed by atoms with E-state index in [1.54, 1.807) is 8.85 Å². The molecule has 2 aromatic rings. The van der Waals surface area contributed by atoms with Crippen LogP contribution in [0.4, 0.5) is 0 Å². The van der Waals surface area contributed by atoms with Crippen molar-refractivity contribution in [1.29, 1.82) is 0 Å². The van der Waals surface area contributed by atoms with E-state index in [4.69, 9.17) is 0 Å². The summed E-state index contributed by atoms with van der Waals surface area (Å²) >= 11 is 0.345. The summed E-state index contributed by atoms with van der Waals surface area (Å²) in [6.07, 6.45) is 0. The summed E-state index contributed by atoms with van der Waals surface area (Å²) < 4.78 is 3.09. The first-order chi connectivity index (χ1) is 6.45. The summed E-state index contributed by atoms with van der Waals surface area (Å²) in [5, 5.41) is 0. The van der Waals surface area contributed by atoms with Gasteiger partial charge < -0.3 is 0 Å². The maximum atomic E-state index is 2.25. The molecule has 0 amide bonds. The van der Waals surface area contributed by atoms with Crippen LogP contribution in [0.15, 0.2) is 48.5 Å². The van der Waals surface area contributed by atoms with Gasteiger partial charge in [-0.3, -0.25) is 0 Å². The summed E-state index contributed by atoms with van der Waals surface area (Å²) in [6.45, 7) is 0. The molecule has 59 valence electrons. The molecule has 0 saturated carbocycles. The zero-order valence-electron chi connectivity index (χ0n) is 7.20. The van der Waals surface area contributed by atoms with Crippen molar-refractivity contribution in [2.24, 2.45) is 0 Å². The standard InChI is InChI=1S/C12H8.Al/c1-3-7-11(8-4-1)12-9-5-2-6-10-12;/h1-7,9H;. The predicted molar refractivity (Wildman–Crippen MR) is 56.9 cm³/mol. The Labute approximate surface area is 83.9 Å². The zero-order chi connectivity index (χ0) is 8.67. The van der Waals surface area contributed by atoms with Crippen molar-refractivity contribution >= 4 is 24.1 Å². The summed E-state index contributed by atoms with van der Waals surface area (Å²) in [7, 11) is 0. The van der Waals surface area contributed by atoms with E-state index in [-0.39, 0.29) is 0 Å². The van der Waals surface area contributed by atoms with E-state index >= 15 is 0 Å². The third kappa shape index (κ3) is 1.05. The largest absolute Gasteiger partial charge is 0.300 e. The van der Waals surface area contributed by atoms with Gasteiger partial charge in [-0.15, -0.1) is 8.85 Å². The van der Waals surface area contributed by atoms with Gasteiger partial charge in [-0.25, -0.2) is 0 Å². The van der Waals surface area contributed by atoms with Crippen molar-refractivity contribution in [1.82, 2.24) is 0 Å². The average molecular weight is 179 g/mol. The Bertz CT molecular complexity index is 417. The molecule has 0 aliphatic carbocycles. The van der Waals surface area contributed by atoms with Crippen LogP contribution in [0, 0.1) is 0 Å². The second kappa shape index (κ2) is 2.74. The fraction of sp³-hybridized carbons (Fsp3) is 0. The molecule has 0 atom stereocenters. The van der Waals surface area contributed by atoms with E-state index in [0.29, 0.717) is 15.2 Å². The van der Waals surface area contributed by atoms with E-state index in [0.717, 1.165) is 0 Å². The molecule has 1 heteroatoms. The first-order valence-corrected chi connectivity index (χ1v) is 5.64. The highest BCUT2D eigenvalue weighted by molar-refractivity contribution is 6.73. The molecular formula is C12H8Al. The Morgan fingerprint density at radius 1 is 0.615 bits per heavy atom. The summed E-state index contributed by atoms with van der Waals surface area (Å²) in [4.78, 5) is 0. The molecule has 1 aliphatic heterocycles. The molecule has 0 nitrogen and oxygen atoms in total. The van der Waals surface area contributed by atoms with Gasteiger partial charge in [0.15, 0.2) is 0 Å². The Morgan fingerprint density at radius 3 is 1.62 bits per heavy atom. The van der Waals surface area contributed by atoms with Crippen molar-refractivity contribution in [3.63, 3.8) is 0 Å². The Balaban J connectivity index is 2.32. The van der Waals surface area contributed by atoms with Crippen LogP contribution in [-0.4, -0.2) is 15.2 Å². The highest BCUT2D eigenvalue weighted by Crippen LogP contribution is 2.18. The molecule has 0 unspecified atom stereocenters. The lowest BCUT2D eigenvalue weighted by Gasteiger charge is -2.00. The van der Waals surface area contributed by atoms with Gasteiger partial charge in [-0.1, -0.05) is 48.5 Å². The predicted octanol–water partition coefficient (Wildman–Crippen LogP) is 1.32. The van der Waals surface area contributed by atoms with Crippen LogP contribution in [0.2, 0.25) is 0 Å². The minimum Gasteiger partial charge on any atom is -0.109 e. The van der Waals surface area contributed by atoms with Crippen molar-refractivity contribution in [3.8, 4) is 11.1 Å². The second-order valence-corrected chi connectivity index (χ2v) is 4.85. The quantitative estimate of drug-likeness (QED) is 0.456. The molecule has 0 N–H and O–H groups in total. The molecule has 0 saturated heterocycles. The van der Waals surface area contributed by atoms with Gasteiger partial charge in [0.25, 0.3) is 0 Å². The van der Waals surface area contributed by atoms with Crippen molar-refractivity contribution in [3.05, 3.63) is 48.5 Å². The lowest BCUT2D eigenvalue weighted by atomic mass is 10.1. The average Bonchev–Trinajstić information content (AvgIpc) is 2.56. The van der Waals surface area contributed by atoms with Crippen molar-refractivity contribution in [2.45, 2.75) is 0 Å². The molecule has 1 radical (unpaired) electrons. The maximum absolute atomic E-state index is 2.25.